The van der Waals surface area contributed by atoms with Crippen LogP contribution in [0.5, 0.6) is 0 Å². The molecule has 0 bridgehead atoms. The van der Waals surface area contributed by atoms with E-state index >= 15 is 0 Å². The summed E-state index contributed by atoms with van der Waals surface area (Å²) in [5.74, 6) is -1.87. The number of halogens is 3. The number of anilines is 2. The van der Waals surface area contributed by atoms with Crippen molar-refractivity contribution in [3.05, 3.63) is 63.6 Å². The fourth-order valence-electron chi connectivity index (χ4n) is 3.31. The number of H-pyrrole nitrogens is 1. The van der Waals surface area contributed by atoms with Crippen molar-refractivity contribution in [3.8, 4) is 0 Å². The lowest BCUT2D eigenvalue weighted by molar-refractivity contribution is -0.389. The number of carbonyl (C=O) groups is 2. The minimum Gasteiger partial charge on any atom is -0.358 e. The van der Waals surface area contributed by atoms with E-state index < -0.39 is 34.3 Å². The molecule has 1 aromatic carbocycles. The quantitative estimate of drug-likeness (QED) is 0.464. The Hall–Kier alpha value is -4.23. The molecule has 2 amide bonds. The molecule has 32 heavy (non-hydrogen) atoms. The third kappa shape index (κ3) is 3.66. The van der Waals surface area contributed by atoms with Crippen LogP contribution >= 0.6 is 0 Å². The van der Waals surface area contributed by atoms with E-state index in [-0.39, 0.29) is 35.3 Å². The van der Waals surface area contributed by atoms with Crippen LogP contribution in [0.3, 0.4) is 0 Å². The van der Waals surface area contributed by atoms with Crippen LogP contribution in [0.25, 0.3) is 0 Å². The summed E-state index contributed by atoms with van der Waals surface area (Å²) < 4.78 is 39.9. The largest absolute Gasteiger partial charge is 0.416 e. The first-order chi connectivity index (χ1) is 15.1. The second-order valence-corrected chi connectivity index (χ2v) is 7.01. The van der Waals surface area contributed by atoms with E-state index in [0.29, 0.717) is 0 Å². The van der Waals surface area contributed by atoms with E-state index in [4.69, 9.17) is 0 Å². The first-order valence-electron chi connectivity index (χ1n) is 9.14. The molecule has 2 N–H and O–H groups in total. The summed E-state index contributed by atoms with van der Waals surface area (Å²) in [5.41, 5.74) is -0.809. The number of hydrogen-bond donors (Lipinski definition) is 2. The van der Waals surface area contributed by atoms with E-state index in [9.17, 15) is 32.9 Å². The van der Waals surface area contributed by atoms with Crippen LogP contribution in [0.2, 0.25) is 0 Å². The van der Waals surface area contributed by atoms with Gasteiger partial charge in [0, 0.05) is 12.2 Å². The van der Waals surface area contributed by atoms with E-state index in [1.165, 1.54) is 27.9 Å². The van der Waals surface area contributed by atoms with Crippen molar-refractivity contribution in [1.82, 2.24) is 20.0 Å². The molecule has 14 heteroatoms. The number of carbonyl (C=O) groups excluding carboxylic acids is 2. The third-order valence-electron chi connectivity index (χ3n) is 4.86. The maximum atomic E-state index is 13.1. The number of nitrogens with zero attached hydrogens (tertiary/aromatic N) is 5. The molecule has 0 radical (unpaired) electrons. The van der Waals surface area contributed by atoms with Crippen LogP contribution in [0.15, 0.2) is 36.5 Å². The highest BCUT2D eigenvalue weighted by molar-refractivity contribution is 6.12. The Morgan fingerprint density at radius 1 is 1.31 bits per heavy atom. The summed E-state index contributed by atoms with van der Waals surface area (Å²) in [6.07, 6.45) is -3.26. The van der Waals surface area contributed by atoms with Gasteiger partial charge in [0.1, 0.15) is 0 Å². The van der Waals surface area contributed by atoms with Crippen molar-refractivity contribution in [3.63, 3.8) is 0 Å². The van der Waals surface area contributed by atoms with Crippen molar-refractivity contribution < 1.29 is 27.7 Å². The Labute approximate surface area is 177 Å². The summed E-state index contributed by atoms with van der Waals surface area (Å²) >= 11 is 0. The number of hydrogen-bond acceptors (Lipinski definition) is 6. The van der Waals surface area contributed by atoms with Gasteiger partial charge in [0.05, 0.1) is 29.6 Å². The lowest BCUT2D eigenvalue weighted by atomic mass is 10.1. The summed E-state index contributed by atoms with van der Waals surface area (Å²) in [4.78, 5) is 36.8. The smallest absolute Gasteiger partial charge is 0.358 e. The maximum absolute atomic E-state index is 13.1. The molecule has 3 aromatic rings. The average molecular weight is 449 g/mol. The van der Waals surface area contributed by atoms with Gasteiger partial charge < -0.3 is 20.3 Å². The third-order valence-corrected chi connectivity index (χ3v) is 4.86. The maximum Gasteiger partial charge on any atom is 0.416 e. The number of aromatic nitrogens is 4. The van der Waals surface area contributed by atoms with Crippen molar-refractivity contribution in [2.45, 2.75) is 19.1 Å². The standard InChI is InChI=1S/C18H14F3N7O4/c1-9-8-26(11-4-2-10(3-5-11)18(19,20)21)17(30)15-13(7-22-27(9)15)23-16(29)12-6-14(25-24-12)28(31)32/h2-7,9H,8H2,1H3,(H,23,29)(H,24,25)/t9-/m0/s1. The van der Waals surface area contributed by atoms with Gasteiger partial charge in [-0.05, 0) is 36.1 Å². The number of aromatic amines is 1. The number of nitrogens with one attached hydrogen (secondary N) is 2. The van der Waals surface area contributed by atoms with Crippen molar-refractivity contribution in [2.24, 2.45) is 0 Å². The van der Waals surface area contributed by atoms with Crippen LogP contribution in [-0.2, 0) is 6.18 Å². The van der Waals surface area contributed by atoms with E-state index in [2.05, 4.69) is 20.6 Å². The lowest BCUT2D eigenvalue weighted by Crippen LogP contribution is -2.43. The Kier molecular flexibility index (Phi) is 4.91. The Morgan fingerprint density at radius 2 is 2.00 bits per heavy atom. The number of benzene rings is 1. The van der Waals surface area contributed by atoms with Gasteiger partial charge in [0.15, 0.2) is 11.4 Å². The van der Waals surface area contributed by atoms with E-state index in [0.717, 1.165) is 18.2 Å². The number of amides is 2. The van der Waals surface area contributed by atoms with Gasteiger partial charge in [-0.15, -0.1) is 5.10 Å². The fraction of sp³-hybridized carbons (Fsp3) is 0.222. The predicted molar refractivity (Wildman–Crippen MR) is 103 cm³/mol. The van der Waals surface area contributed by atoms with Crippen LogP contribution in [-0.4, -0.2) is 43.3 Å². The summed E-state index contributed by atoms with van der Waals surface area (Å²) in [6.45, 7) is 1.90. The van der Waals surface area contributed by atoms with Crippen LogP contribution < -0.4 is 10.2 Å². The first-order valence-corrected chi connectivity index (χ1v) is 9.14. The molecule has 166 valence electrons. The highest BCUT2D eigenvalue weighted by Crippen LogP contribution is 2.33. The summed E-state index contributed by atoms with van der Waals surface area (Å²) in [5, 5.41) is 23.0. The molecular weight excluding hydrogens is 435 g/mol. The van der Waals surface area contributed by atoms with Crippen molar-refractivity contribution >= 4 is 29.0 Å². The average Bonchev–Trinajstić information content (AvgIpc) is 3.38. The Morgan fingerprint density at radius 3 is 2.59 bits per heavy atom. The second kappa shape index (κ2) is 7.47. The van der Waals surface area contributed by atoms with Gasteiger partial charge in [-0.2, -0.15) is 18.3 Å². The predicted octanol–water partition coefficient (Wildman–Crippen LogP) is 3.01. The molecule has 0 saturated carbocycles. The molecular formula is C18H14F3N7O4. The molecule has 0 aliphatic carbocycles. The van der Waals surface area contributed by atoms with Crippen LogP contribution in [0.1, 0.15) is 39.5 Å². The van der Waals surface area contributed by atoms with Gasteiger partial charge in [-0.25, -0.2) is 0 Å². The van der Waals surface area contributed by atoms with E-state index in [1.807, 2.05) is 0 Å². The van der Waals surface area contributed by atoms with Crippen molar-refractivity contribution in [1.29, 1.82) is 0 Å². The molecule has 4 rings (SSSR count). The number of fused-ring (bicyclic) bond motifs is 1. The topological polar surface area (TPSA) is 139 Å². The van der Waals surface area contributed by atoms with Gasteiger partial charge >= 0.3 is 12.0 Å². The summed E-state index contributed by atoms with van der Waals surface area (Å²) in [6, 6.07) is 4.74. The highest BCUT2D eigenvalue weighted by atomic mass is 19.4. The molecule has 1 aliphatic rings. The molecule has 0 spiro atoms. The first kappa shape index (κ1) is 21.0. The van der Waals surface area contributed by atoms with Gasteiger partial charge in [0.2, 0.25) is 0 Å². The van der Waals surface area contributed by atoms with Gasteiger partial charge in [-0.1, -0.05) is 5.10 Å². The van der Waals surface area contributed by atoms with Crippen LogP contribution in [0.4, 0.5) is 30.4 Å². The van der Waals surface area contributed by atoms with E-state index in [1.54, 1.807) is 6.92 Å². The monoisotopic (exact) mass is 449 g/mol. The fourth-order valence-corrected chi connectivity index (χ4v) is 3.31. The molecule has 0 saturated heterocycles. The number of alkyl halides is 3. The zero-order chi connectivity index (χ0) is 23.2. The zero-order valence-electron chi connectivity index (χ0n) is 16.3. The molecule has 0 unspecified atom stereocenters. The van der Waals surface area contributed by atoms with Crippen LogP contribution in [0, 0.1) is 10.1 Å². The van der Waals surface area contributed by atoms with Gasteiger partial charge in [0.25, 0.3) is 11.8 Å². The zero-order valence-corrected chi connectivity index (χ0v) is 16.3. The minimum absolute atomic E-state index is 0.0158. The molecule has 0 fully saturated rings. The van der Waals surface area contributed by atoms with Gasteiger partial charge in [-0.3, -0.25) is 14.3 Å². The molecule has 2 aromatic heterocycles. The van der Waals surface area contributed by atoms with Crippen molar-refractivity contribution in [2.75, 3.05) is 16.8 Å². The highest BCUT2D eigenvalue weighted by Gasteiger charge is 2.35. The molecule has 1 aliphatic heterocycles. The molecule has 1 atom stereocenters. The lowest BCUT2D eigenvalue weighted by Gasteiger charge is -2.32. The minimum atomic E-state index is -4.50. The molecule has 3 heterocycles. The second-order valence-electron chi connectivity index (χ2n) is 7.01. The summed E-state index contributed by atoms with van der Waals surface area (Å²) in [7, 11) is 0. The molecule has 11 nitrogen and oxygen atoms in total. The number of rotatable bonds is 4. The number of nitro groups is 1. The Balaban J connectivity index is 1.61. The SMILES string of the molecule is C[C@H]1CN(c2ccc(C(F)(F)F)cc2)C(=O)c2c(NC(=O)c3cc([N+](=O)[O-])[nH]n3)cnn21. The normalized spacial score (nSPS) is 16.1. The Bertz CT molecular complexity index is 1220.